The lowest BCUT2D eigenvalue weighted by molar-refractivity contribution is 0.102. The predicted molar refractivity (Wildman–Crippen MR) is 111 cm³/mol. The standard InChI is InChI=1S/C19H18ClN5O4S/c1-10-5-12(13-6-16(20)22-8-15(13)27-2)14(7-21-10)17(26)23-18-24-25-19(30-18)29-11-3-4-28-9-11/h5-8,11H,3-4,9H2,1-2H3,(H,23,24,26). The molecule has 0 radical (unpaired) electrons. The molecule has 1 atom stereocenters. The van der Waals surface area contributed by atoms with Gasteiger partial charge in [-0.25, -0.2) is 4.98 Å². The van der Waals surface area contributed by atoms with Crippen molar-refractivity contribution in [1.82, 2.24) is 20.2 Å². The SMILES string of the molecule is COc1cnc(Cl)cc1-c1cc(C)ncc1C(=O)Nc1nnc(OC2CCOC2)s1. The van der Waals surface area contributed by atoms with Crippen molar-refractivity contribution >= 4 is 34.0 Å². The van der Waals surface area contributed by atoms with Crippen molar-refractivity contribution in [3.8, 4) is 22.1 Å². The Morgan fingerprint density at radius 1 is 1.27 bits per heavy atom. The minimum Gasteiger partial charge on any atom is -0.494 e. The number of aryl methyl sites for hydroxylation is 1. The van der Waals surface area contributed by atoms with Crippen LogP contribution in [0.4, 0.5) is 5.13 Å². The van der Waals surface area contributed by atoms with Crippen LogP contribution in [0.3, 0.4) is 0 Å². The molecule has 4 rings (SSSR count). The van der Waals surface area contributed by atoms with E-state index in [1.54, 1.807) is 12.1 Å². The molecule has 0 bridgehead atoms. The number of hydrogen-bond acceptors (Lipinski definition) is 9. The number of carbonyl (C=O) groups excluding carboxylic acids is 1. The zero-order valence-electron chi connectivity index (χ0n) is 16.2. The molecule has 0 aliphatic carbocycles. The van der Waals surface area contributed by atoms with Crippen molar-refractivity contribution in [2.24, 2.45) is 0 Å². The lowest BCUT2D eigenvalue weighted by Crippen LogP contribution is -2.15. The van der Waals surface area contributed by atoms with Crippen molar-refractivity contribution in [3.63, 3.8) is 0 Å². The quantitative estimate of drug-likeness (QED) is 0.573. The number of anilines is 1. The van der Waals surface area contributed by atoms with Gasteiger partial charge in [0.15, 0.2) is 0 Å². The summed E-state index contributed by atoms with van der Waals surface area (Å²) in [5, 5.41) is 11.7. The first kappa shape index (κ1) is 20.5. The summed E-state index contributed by atoms with van der Waals surface area (Å²) in [6, 6.07) is 3.43. The predicted octanol–water partition coefficient (Wildman–Crippen LogP) is 3.39. The van der Waals surface area contributed by atoms with Crippen molar-refractivity contribution in [2.75, 3.05) is 25.6 Å². The fourth-order valence-corrected chi connectivity index (χ4v) is 3.79. The summed E-state index contributed by atoms with van der Waals surface area (Å²) in [4.78, 5) is 21.3. The number of rotatable bonds is 6. The Kier molecular flexibility index (Phi) is 6.07. The third kappa shape index (κ3) is 4.50. The second-order valence-electron chi connectivity index (χ2n) is 6.51. The number of amides is 1. The van der Waals surface area contributed by atoms with Gasteiger partial charge in [0.2, 0.25) is 5.13 Å². The summed E-state index contributed by atoms with van der Waals surface area (Å²) in [5.41, 5.74) is 2.32. The second-order valence-corrected chi connectivity index (χ2v) is 7.84. The third-order valence-corrected chi connectivity index (χ3v) is 5.35. The monoisotopic (exact) mass is 447 g/mol. The van der Waals surface area contributed by atoms with Crippen LogP contribution in [0, 0.1) is 6.92 Å². The molecule has 3 aromatic heterocycles. The van der Waals surface area contributed by atoms with Gasteiger partial charge in [-0.3, -0.25) is 15.1 Å². The molecule has 0 aromatic carbocycles. The minimum absolute atomic E-state index is 0.0432. The Bertz CT molecular complexity index is 1070. The highest BCUT2D eigenvalue weighted by Gasteiger charge is 2.21. The Hall–Kier alpha value is -2.82. The largest absolute Gasteiger partial charge is 0.494 e. The van der Waals surface area contributed by atoms with Crippen LogP contribution in [-0.2, 0) is 4.74 Å². The first-order valence-electron chi connectivity index (χ1n) is 9.09. The number of methoxy groups -OCH3 is 1. The van der Waals surface area contributed by atoms with Gasteiger partial charge in [0, 0.05) is 29.4 Å². The molecule has 0 saturated carbocycles. The number of aromatic nitrogens is 4. The summed E-state index contributed by atoms with van der Waals surface area (Å²) in [5.74, 6) is 0.101. The van der Waals surface area contributed by atoms with Crippen LogP contribution in [0.1, 0.15) is 22.5 Å². The van der Waals surface area contributed by atoms with Crippen LogP contribution in [0.15, 0.2) is 24.5 Å². The van der Waals surface area contributed by atoms with Crippen LogP contribution >= 0.6 is 22.9 Å². The summed E-state index contributed by atoms with van der Waals surface area (Å²) in [7, 11) is 1.53. The topological polar surface area (TPSA) is 108 Å². The smallest absolute Gasteiger partial charge is 0.296 e. The molecule has 9 nitrogen and oxygen atoms in total. The fourth-order valence-electron chi connectivity index (χ4n) is 2.97. The number of hydrogen-bond donors (Lipinski definition) is 1. The number of nitrogens with zero attached hydrogens (tertiary/aromatic N) is 4. The number of carbonyl (C=O) groups is 1. The van der Waals surface area contributed by atoms with Crippen LogP contribution in [-0.4, -0.2) is 52.5 Å². The highest BCUT2D eigenvalue weighted by Crippen LogP contribution is 2.34. The van der Waals surface area contributed by atoms with Gasteiger partial charge in [-0.2, -0.15) is 0 Å². The van der Waals surface area contributed by atoms with E-state index in [0.29, 0.717) is 46.0 Å². The van der Waals surface area contributed by atoms with Gasteiger partial charge in [0.05, 0.1) is 32.1 Å². The highest BCUT2D eigenvalue weighted by molar-refractivity contribution is 7.17. The molecule has 0 spiro atoms. The van der Waals surface area contributed by atoms with E-state index in [9.17, 15) is 4.79 Å². The van der Waals surface area contributed by atoms with E-state index in [1.165, 1.54) is 19.5 Å². The maximum absolute atomic E-state index is 13.0. The molecule has 1 amide bonds. The molecular weight excluding hydrogens is 430 g/mol. The lowest BCUT2D eigenvalue weighted by Gasteiger charge is -2.13. The molecule has 1 saturated heterocycles. The van der Waals surface area contributed by atoms with E-state index in [4.69, 9.17) is 25.8 Å². The lowest BCUT2D eigenvalue weighted by atomic mass is 10.0. The third-order valence-electron chi connectivity index (χ3n) is 4.41. The average Bonchev–Trinajstić information content (AvgIpc) is 3.40. The molecule has 30 heavy (non-hydrogen) atoms. The van der Waals surface area contributed by atoms with E-state index < -0.39 is 0 Å². The van der Waals surface area contributed by atoms with Gasteiger partial charge in [0.1, 0.15) is 17.0 Å². The molecular formula is C19H18ClN5O4S. The number of halogens is 1. The van der Waals surface area contributed by atoms with Crippen LogP contribution in [0.25, 0.3) is 11.1 Å². The minimum atomic E-state index is -0.389. The normalized spacial score (nSPS) is 15.8. The van der Waals surface area contributed by atoms with Crippen molar-refractivity contribution in [2.45, 2.75) is 19.4 Å². The molecule has 11 heteroatoms. The molecule has 1 aliphatic rings. The fraction of sp³-hybridized carbons (Fsp3) is 0.316. The molecule has 4 heterocycles. The van der Waals surface area contributed by atoms with Gasteiger partial charge in [0.25, 0.3) is 11.1 Å². The first-order valence-corrected chi connectivity index (χ1v) is 10.3. The molecule has 1 N–H and O–H groups in total. The van der Waals surface area contributed by atoms with Gasteiger partial charge in [-0.15, -0.1) is 5.10 Å². The van der Waals surface area contributed by atoms with Gasteiger partial charge >= 0.3 is 0 Å². The maximum Gasteiger partial charge on any atom is 0.296 e. The van der Waals surface area contributed by atoms with Gasteiger partial charge < -0.3 is 14.2 Å². The van der Waals surface area contributed by atoms with E-state index in [2.05, 4.69) is 25.5 Å². The van der Waals surface area contributed by atoms with E-state index in [1.807, 2.05) is 6.92 Å². The second kappa shape index (κ2) is 8.90. The molecule has 1 unspecified atom stereocenters. The van der Waals surface area contributed by atoms with Crippen molar-refractivity contribution < 1.29 is 19.0 Å². The van der Waals surface area contributed by atoms with Crippen LogP contribution < -0.4 is 14.8 Å². The zero-order valence-corrected chi connectivity index (χ0v) is 17.8. The summed E-state index contributed by atoms with van der Waals surface area (Å²) >= 11 is 7.22. The Morgan fingerprint density at radius 2 is 2.13 bits per heavy atom. The molecule has 156 valence electrons. The number of ether oxygens (including phenoxy) is 3. The van der Waals surface area contributed by atoms with Crippen molar-refractivity contribution in [1.29, 1.82) is 0 Å². The van der Waals surface area contributed by atoms with Crippen LogP contribution in [0.2, 0.25) is 5.15 Å². The Balaban J connectivity index is 1.59. The Labute approximate surface area is 181 Å². The van der Waals surface area contributed by atoms with E-state index >= 15 is 0 Å². The molecule has 1 aliphatic heterocycles. The first-order chi connectivity index (χ1) is 14.5. The van der Waals surface area contributed by atoms with Crippen molar-refractivity contribution in [3.05, 3.63) is 40.9 Å². The molecule has 3 aromatic rings. The summed E-state index contributed by atoms with van der Waals surface area (Å²) < 4.78 is 16.4. The highest BCUT2D eigenvalue weighted by atomic mass is 35.5. The van der Waals surface area contributed by atoms with Gasteiger partial charge in [-0.05, 0) is 30.4 Å². The van der Waals surface area contributed by atoms with E-state index in [-0.39, 0.29) is 17.2 Å². The summed E-state index contributed by atoms with van der Waals surface area (Å²) in [6.07, 6.45) is 3.77. The number of nitrogens with one attached hydrogen (secondary N) is 1. The summed E-state index contributed by atoms with van der Waals surface area (Å²) in [6.45, 7) is 3.02. The Morgan fingerprint density at radius 3 is 2.90 bits per heavy atom. The van der Waals surface area contributed by atoms with E-state index in [0.717, 1.165) is 23.5 Å². The average molecular weight is 448 g/mol. The molecule has 1 fully saturated rings. The number of pyridine rings is 2. The maximum atomic E-state index is 13.0. The van der Waals surface area contributed by atoms with Gasteiger partial charge in [-0.1, -0.05) is 16.7 Å². The zero-order chi connectivity index (χ0) is 21.1. The van der Waals surface area contributed by atoms with Crippen LogP contribution in [0.5, 0.6) is 10.9 Å².